The van der Waals surface area contributed by atoms with Crippen LogP contribution in [0.4, 0.5) is 0 Å². The van der Waals surface area contributed by atoms with E-state index in [-0.39, 0.29) is 17.0 Å². The highest BCUT2D eigenvalue weighted by atomic mass is 16.4. The fourth-order valence-corrected chi connectivity index (χ4v) is 1.82. The van der Waals surface area contributed by atoms with E-state index in [9.17, 15) is 9.59 Å². The summed E-state index contributed by atoms with van der Waals surface area (Å²) < 4.78 is 1.51. The number of aromatic carboxylic acids is 1. The van der Waals surface area contributed by atoms with Crippen LogP contribution >= 0.6 is 0 Å². The number of ketones is 1. The van der Waals surface area contributed by atoms with Crippen molar-refractivity contribution >= 4 is 11.8 Å². The molecule has 0 atom stereocenters. The van der Waals surface area contributed by atoms with Crippen LogP contribution in [-0.2, 0) is 7.05 Å². The molecule has 0 spiro atoms. The fraction of sp³-hybridized carbons (Fsp3) is 0.143. The third-order valence-electron chi connectivity index (χ3n) is 2.75. The lowest BCUT2D eigenvalue weighted by molar-refractivity contribution is 0.0692. The molecule has 1 aromatic heterocycles. The Morgan fingerprint density at radius 3 is 2.06 bits per heavy atom. The molecule has 2 aliphatic rings. The average Bonchev–Trinajstić information content (AvgIpc) is 2.74. The Balaban J connectivity index is 0.000000164. The SMILES string of the molecule is CC(=O)c1c(C(=O)O)ccn1C.c1cc2cc-2c1. The molecule has 1 heterocycles. The van der Waals surface area contributed by atoms with Crippen molar-refractivity contribution in [2.24, 2.45) is 7.05 Å². The Morgan fingerprint density at radius 1 is 1.17 bits per heavy atom. The van der Waals surface area contributed by atoms with Crippen LogP contribution in [0.1, 0.15) is 27.8 Å². The molecule has 3 rings (SSSR count). The van der Waals surface area contributed by atoms with Gasteiger partial charge in [-0.15, -0.1) is 0 Å². The Kier molecular flexibility index (Phi) is 3.02. The van der Waals surface area contributed by atoms with Crippen LogP contribution in [0, 0.1) is 0 Å². The third kappa shape index (κ3) is 2.32. The van der Waals surface area contributed by atoms with E-state index in [1.807, 2.05) is 0 Å². The molecule has 4 nitrogen and oxygen atoms in total. The number of carbonyl (C=O) groups excluding carboxylic acids is 1. The third-order valence-corrected chi connectivity index (χ3v) is 2.75. The maximum atomic E-state index is 11.0. The highest BCUT2D eigenvalue weighted by molar-refractivity contribution is 6.03. The van der Waals surface area contributed by atoms with E-state index in [2.05, 4.69) is 24.3 Å². The van der Waals surface area contributed by atoms with E-state index in [0.29, 0.717) is 0 Å². The van der Waals surface area contributed by atoms with E-state index < -0.39 is 5.97 Å². The molecule has 0 fully saturated rings. The number of carboxylic acids is 1. The van der Waals surface area contributed by atoms with Gasteiger partial charge in [-0.1, -0.05) is 18.2 Å². The summed E-state index contributed by atoms with van der Waals surface area (Å²) in [5.41, 5.74) is 3.15. The predicted molar refractivity (Wildman–Crippen MR) is 67.8 cm³/mol. The molecule has 0 amide bonds. The fourth-order valence-electron chi connectivity index (χ4n) is 1.82. The van der Waals surface area contributed by atoms with Gasteiger partial charge in [0.15, 0.2) is 5.78 Å². The first-order chi connectivity index (χ1) is 8.50. The summed E-state index contributed by atoms with van der Waals surface area (Å²) in [5, 5.41) is 8.66. The molecular weight excluding hydrogens is 230 g/mol. The van der Waals surface area contributed by atoms with Crippen LogP contribution in [0.3, 0.4) is 0 Å². The molecule has 0 saturated heterocycles. The normalized spacial score (nSPS) is 10.3. The number of rotatable bonds is 2. The second kappa shape index (κ2) is 4.49. The minimum Gasteiger partial charge on any atom is -0.478 e. The van der Waals surface area contributed by atoms with Crippen LogP contribution in [-0.4, -0.2) is 21.4 Å². The maximum absolute atomic E-state index is 11.0. The van der Waals surface area contributed by atoms with Gasteiger partial charge in [0.25, 0.3) is 0 Å². The van der Waals surface area contributed by atoms with Gasteiger partial charge in [-0.05, 0) is 23.3 Å². The van der Waals surface area contributed by atoms with Gasteiger partial charge in [-0.3, -0.25) is 4.79 Å². The van der Waals surface area contributed by atoms with Crippen molar-refractivity contribution in [1.29, 1.82) is 0 Å². The minimum absolute atomic E-state index is 0.0602. The number of hydrogen-bond donors (Lipinski definition) is 1. The zero-order valence-electron chi connectivity index (χ0n) is 10.2. The lowest BCUT2D eigenvalue weighted by Gasteiger charge is -1.98. The highest BCUT2D eigenvalue weighted by Gasteiger charge is 2.16. The molecular formula is C14H13NO3. The van der Waals surface area contributed by atoms with Crippen molar-refractivity contribution in [2.75, 3.05) is 0 Å². The molecule has 4 heteroatoms. The molecule has 18 heavy (non-hydrogen) atoms. The topological polar surface area (TPSA) is 59.3 Å². The van der Waals surface area contributed by atoms with Crippen LogP contribution in [0.15, 0.2) is 36.5 Å². The zero-order chi connectivity index (χ0) is 13.3. The largest absolute Gasteiger partial charge is 0.478 e. The zero-order valence-corrected chi connectivity index (χ0v) is 10.2. The van der Waals surface area contributed by atoms with Crippen molar-refractivity contribution in [2.45, 2.75) is 6.92 Å². The number of benzene rings is 1. The van der Waals surface area contributed by atoms with Crippen molar-refractivity contribution < 1.29 is 14.7 Å². The number of carboxylic acid groups (broad SMARTS) is 1. The quantitative estimate of drug-likeness (QED) is 0.704. The van der Waals surface area contributed by atoms with Gasteiger partial charge in [-0.2, -0.15) is 0 Å². The number of fused-ring (bicyclic) bond motifs is 1. The number of Topliss-reactive ketones (excluding diaryl/α,β-unsaturated/α-hetero) is 1. The Hall–Kier alpha value is -2.36. The number of carbonyl (C=O) groups is 2. The molecule has 1 N–H and O–H groups in total. The van der Waals surface area contributed by atoms with Gasteiger partial charge in [-0.25, -0.2) is 4.79 Å². The van der Waals surface area contributed by atoms with Gasteiger partial charge < -0.3 is 9.67 Å². The predicted octanol–water partition coefficient (Wildman–Crippen LogP) is 2.59. The summed E-state index contributed by atoms with van der Waals surface area (Å²) in [6, 6.07) is 9.90. The second-order valence-electron chi connectivity index (χ2n) is 4.13. The van der Waals surface area contributed by atoms with E-state index in [1.54, 1.807) is 13.2 Å². The summed E-state index contributed by atoms with van der Waals surface area (Å²) >= 11 is 0. The van der Waals surface area contributed by atoms with Crippen molar-refractivity contribution in [3.63, 3.8) is 0 Å². The van der Waals surface area contributed by atoms with Crippen LogP contribution < -0.4 is 0 Å². The van der Waals surface area contributed by atoms with Gasteiger partial charge in [0.05, 0.1) is 11.3 Å². The van der Waals surface area contributed by atoms with Gasteiger partial charge in [0, 0.05) is 20.2 Å². The van der Waals surface area contributed by atoms with Gasteiger partial charge in [0.2, 0.25) is 0 Å². The molecule has 0 aromatic carbocycles. The molecule has 92 valence electrons. The first kappa shape index (κ1) is 12.1. The minimum atomic E-state index is -1.07. The highest BCUT2D eigenvalue weighted by Crippen LogP contribution is 2.32. The van der Waals surface area contributed by atoms with Crippen molar-refractivity contribution in [3.05, 3.63) is 47.8 Å². The smallest absolute Gasteiger partial charge is 0.338 e. The Morgan fingerprint density at radius 2 is 1.78 bits per heavy atom. The van der Waals surface area contributed by atoms with E-state index >= 15 is 0 Å². The first-order valence-corrected chi connectivity index (χ1v) is 5.50. The lowest BCUT2D eigenvalue weighted by Crippen LogP contribution is -2.08. The maximum Gasteiger partial charge on any atom is 0.338 e. The molecule has 0 unspecified atom stereocenters. The summed E-state index contributed by atoms with van der Waals surface area (Å²) in [6.45, 7) is 1.35. The van der Waals surface area contributed by atoms with Crippen molar-refractivity contribution in [3.8, 4) is 11.1 Å². The number of aryl methyl sites for hydroxylation is 1. The molecule has 0 aliphatic heterocycles. The van der Waals surface area contributed by atoms with Crippen LogP contribution in [0.25, 0.3) is 11.1 Å². The van der Waals surface area contributed by atoms with E-state index in [0.717, 1.165) is 0 Å². The van der Waals surface area contributed by atoms with E-state index in [1.165, 1.54) is 28.7 Å². The first-order valence-electron chi connectivity index (χ1n) is 5.50. The monoisotopic (exact) mass is 243 g/mol. The van der Waals surface area contributed by atoms with E-state index in [4.69, 9.17) is 5.11 Å². The number of nitrogens with zero attached hydrogens (tertiary/aromatic N) is 1. The second-order valence-corrected chi connectivity index (χ2v) is 4.13. The van der Waals surface area contributed by atoms with Crippen molar-refractivity contribution in [1.82, 2.24) is 4.57 Å². The summed E-state index contributed by atoms with van der Waals surface area (Å²) in [4.78, 5) is 21.5. The standard InChI is InChI=1S/C8H9NO3.C6H4/c1-5(10)7-6(8(11)12)3-4-9(7)2;1-2-5-4-6(5)3-1/h3-4H,1-2H3,(H,11,12);1-4H. The van der Waals surface area contributed by atoms with Crippen LogP contribution in [0.2, 0.25) is 0 Å². The molecule has 0 radical (unpaired) electrons. The number of aromatic nitrogens is 1. The Bertz CT molecular complexity index is 608. The summed E-state index contributed by atoms with van der Waals surface area (Å²) in [5.74, 6) is -1.30. The lowest BCUT2D eigenvalue weighted by atomic mass is 10.2. The molecule has 2 aliphatic carbocycles. The van der Waals surface area contributed by atoms with Crippen LogP contribution in [0.5, 0.6) is 0 Å². The summed E-state index contributed by atoms with van der Waals surface area (Å²) in [6.07, 6.45) is 1.56. The van der Waals surface area contributed by atoms with Gasteiger partial charge in [0.1, 0.15) is 0 Å². The molecule has 1 aromatic rings. The number of hydrogen-bond acceptors (Lipinski definition) is 2. The molecule has 0 saturated carbocycles. The average molecular weight is 243 g/mol. The summed E-state index contributed by atoms with van der Waals surface area (Å²) in [7, 11) is 1.64. The molecule has 0 bridgehead atoms. The van der Waals surface area contributed by atoms with Gasteiger partial charge >= 0.3 is 5.97 Å². The Labute approximate surface area is 104 Å².